The average Bonchev–Trinajstić information content (AvgIpc) is 3.13. The molecular weight excluding hydrogens is 418 g/mol. The molecule has 2 aromatic carbocycles. The van der Waals surface area contributed by atoms with Crippen LogP contribution in [0.5, 0.6) is 0 Å². The first-order valence-corrected chi connectivity index (χ1v) is 11.1. The fraction of sp³-hybridized carbons (Fsp3) is 0.190. The van der Waals surface area contributed by atoms with Crippen molar-refractivity contribution >= 4 is 21.8 Å². The van der Waals surface area contributed by atoms with E-state index in [0.29, 0.717) is 17.9 Å². The summed E-state index contributed by atoms with van der Waals surface area (Å²) in [6.07, 6.45) is 0. The van der Waals surface area contributed by atoms with Crippen LogP contribution in [0.25, 0.3) is 5.69 Å². The van der Waals surface area contributed by atoms with Crippen molar-refractivity contribution in [1.82, 2.24) is 20.4 Å². The average molecular weight is 442 g/mol. The van der Waals surface area contributed by atoms with E-state index in [2.05, 4.69) is 15.7 Å². The van der Waals surface area contributed by atoms with Crippen LogP contribution in [-0.4, -0.2) is 36.6 Å². The second kappa shape index (κ2) is 9.11. The van der Waals surface area contributed by atoms with Gasteiger partial charge in [0.15, 0.2) is 5.69 Å². The number of primary sulfonamides is 1. The molecule has 1 heterocycles. The van der Waals surface area contributed by atoms with Gasteiger partial charge in [0.05, 0.1) is 16.1 Å². The van der Waals surface area contributed by atoms with E-state index in [1.807, 2.05) is 30.3 Å². The fourth-order valence-corrected chi connectivity index (χ4v) is 3.55. The van der Waals surface area contributed by atoms with Gasteiger partial charge >= 0.3 is 0 Å². The Kier molecular flexibility index (Phi) is 6.52. The summed E-state index contributed by atoms with van der Waals surface area (Å²) in [5.74, 6) is -0.848. The Morgan fingerprint density at radius 2 is 1.74 bits per heavy atom. The monoisotopic (exact) mass is 441 g/mol. The first-order valence-electron chi connectivity index (χ1n) is 9.55. The minimum absolute atomic E-state index is 0.0658. The molecule has 9 nitrogen and oxygen atoms in total. The number of benzene rings is 2. The first kappa shape index (κ1) is 22.2. The van der Waals surface area contributed by atoms with Crippen LogP contribution >= 0.6 is 0 Å². The van der Waals surface area contributed by atoms with Crippen LogP contribution in [-0.2, 0) is 16.6 Å². The Morgan fingerprint density at radius 1 is 1.03 bits per heavy atom. The Morgan fingerprint density at radius 3 is 2.39 bits per heavy atom. The third kappa shape index (κ3) is 5.16. The number of hydrogen-bond acceptors (Lipinski definition) is 5. The van der Waals surface area contributed by atoms with Crippen LogP contribution in [0.1, 0.15) is 39.0 Å². The van der Waals surface area contributed by atoms with Crippen LogP contribution in [0.3, 0.4) is 0 Å². The molecule has 1 aromatic heterocycles. The molecule has 0 radical (unpaired) electrons. The van der Waals surface area contributed by atoms with Crippen molar-refractivity contribution in [2.24, 2.45) is 5.14 Å². The highest BCUT2D eigenvalue weighted by Gasteiger charge is 2.21. The molecule has 0 unspecified atom stereocenters. The van der Waals surface area contributed by atoms with Crippen molar-refractivity contribution < 1.29 is 18.0 Å². The molecule has 31 heavy (non-hydrogen) atoms. The standard InChI is InChI=1S/C21H23N5O4S/c1-3-23-21(28)18-11-14(2)26(25-18)19-10-9-16(31(22,29)30)12-17(19)20(27)24-13-15-7-5-4-6-8-15/h4-12H,3,13H2,1-2H3,(H,23,28)(H,24,27)(H2,22,29,30). The molecule has 0 saturated heterocycles. The molecule has 0 bridgehead atoms. The summed E-state index contributed by atoms with van der Waals surface area (Å²) in [6.45, 7) is 4.22. The predicted octanol–water partition coefficient (Wildman–Crippen LogP) is 1.51. The maximum atomic E-state index is 13.0. The highest BCUT2D eigenvalue weighted by molar-refractivity contribution is 7.89. The van der Waals surface area contributed by atoms with Crippen LogP contribution in [0.15, 0.2) is 59.5 Å². The number of carbonyl (C=O) groups excluding carboxylic acids is 2. The summed E-state index contributed by atoms with van der Waals surface area (Å²) in [5.41, 5.74) is 2.06. The maximum Gasteiger partial charge on any atom is 0.271 e. The lowest BCUT2D eigenvalue weighted by Gasteiger charge is -2.13. The number of nitrogens with zero attached hydrogens (tertiary/aromatic N) is 2. The summed E-state index contributed by atoms with van der Waals surface area (Å²) in [5, 5.41) is 15.0. The number of aromatic nitrogens is 2. The minimum Gasteiger partial charge on any atom is -0.351 e. The molecule has 4 N–H and O–H groups in total. The Balaban J connectivity index is 2.02. The van der Waals surface area contributed by atoms with Gasteiger partial charge in [-0.1, -0.05) is 30.3 Å². The van der Waals surface area contributed by atoms with Crippen molar-refractivity contribution in [2.45, 2.75) is 25.3 Å². The molecule has 0 fully saturated rings. The number of nitrogens with one attached hydrogen (secondary N) is 2. The van der Waals surface area contributed by atoms with Gasteiger partial charge in [-0.15, -0.1) is 0 Å². The van der Waals surface area contributed by atoms with Crippen LogP contribution in [0.4, 0.5) is 0 Å². The van der Waals surface area contributed by atoms with Crippen LogP contribution in [0, 0.1) is 6.92 Å². The molecule has 0 saturated carbocycles. The van der Waals surface area contributed by atoms with E-state index in [9.17, 15) is 18.0 Å². The molecular formula is C21H23N5O4S. The van der Waals surface area contributed by atoms with Crippen molar-refractivity contribution in [3.8, 4) is 5.69 Å². The van der Waals surface area contributed by atoms with Gasteiger partial charge in [-0.05, 0) is 43.7 Å². The maximum absolute atomic E-state index is 13.0. The number of rotatable bonds is 7. The van der Waals surface area contributed by atoms with Gasteiger partial charge in [0.1, 0.15) is 0 Å². The zero-order valence-electron chi connectivity index (χ0n) is 17.1. The number of sulfonamides is 1. The minimum atomic E-state index is -4.02. The first-order chi connectivity index (χ1) is 14.7. The highest BCUT2D eigenvalue weighted by Crippen LogP contribution is 2.21. The molecule has 162 valence electrons. The molecule has 10 heteroatoms. The van der Waals surface area contributed by atoms with E-state index in [1.165, 1.54) is 22.9 Å². The number of nitrogens with two attached hydrogens (primary N) is 1. The second-order valence-corrected chi connectivity index (χ2v) is 8.40. The normalized spacial score (nSPS) is 11.2. The molecule has 0 spiro atoms. The van der Waals surface area contributed by atoms with Gasteiger partial charge in [0.25, 0.3) is 11.8 Å². The smallest absolute Gasteiger partial charge is 0.271 e. The van der Waals surface area contributed by atoms with E-state index in [4.69, 9.17) is 5.14 Å². The van der Waals surface area contributed by atoms with E-state index in [1.54, 1.807) is 19.9 Å². The van der Waals surface area contributed by atoms with E-state index >= 15 is 0 Å². The van der Waals surface area contributed by atoms with Gasteiger partial charge in [0, 0.05) is 18.8 Å². The van der Waals surface area contributed by atoms with Crippen molar-refractivity contribution in [3.05, 3.63) is 77.1 Å². The van der Waals surface area contributed by atoms with Gasteiger partial charge in [0.2, 0.25) is 10.0 Å². The number of hydrogen-bond donors (Lipinski definition) is 3. The molecule has 0 aliphatic rings. The summed E-state index contributed by atoms with van der Waals surface area (Å²) < 4.78 is 25.1. The molecule has 3 aromatic rings. The van der Waals surface area contributed by atoms with Gasteiger partial charge < -0.3 is 10.6 Å². The molecule has 0 atom stereocenters. The van der Waals surface area contributed by atoms with E-state index in [0.717, 1.165) is 5.56 Å². The molecule has 0 aliphatic heterocycles. The topological polar surface area (TPSA) is 136 Å². The van der Waals surface area contributed by atoms with Crippen LogP contribution < -0.4 is 15.8 Å². The zero-order chi connectivity index (χ0) is 22.6. The Bertz CT molecular complexity index is 1220. The number of aryl methyl sites for hydroxylation is 1. The third-order valence-corrected chi connectivity index (χ3v) is 5.43. The molecule has 0 aliphatic carbocycles. The van der Waals surface area contributed by atoms with E-state index in [-0.39, 0.29) is 28.6 Å². The second-order valence-electron chi connectivity index (χ2n) is 6.83. The van der Waals surface area contributed by atoms with Gasteiger partial charge in [-0.3, -0.25) is 9.59 Å². The summed E-state index contributed by atoms with van der Waals surface area (Å²) in [4.78, 5) is 24.9. The zero-order valence-corrected chi connectivity index (χ0v) is 17.9. The van der Waals surface area contributed by atoms with Crippen molar-refractivity contribution in [1.29, 1.82) is 0 Å². The predicted molar refractivity (Wildman–Crippen MR) is 115 cm³/mol. The van der Waals surface area contributed by atoms with Crippen molar-refractivity contribution in [3.63, 3.8) is 0 Å². The lowest BCUT2D eigenvalue weighted by molar-refractivity contribution is 0.0944. The summed E-state index contributed by atoms with van der Waals surface area (Å²) in [7, 11) is -4.02. The SMILES string of the molecule is CCNC(=O)c1cc(C)n(-c2ccc(S(N)(=O)=O)cc2C(=O)NCc2ccccc2)n1. The lowest BCUT2D eigenvalue weighted by Crippen LogP contribution is -2.26. The fourth-order valence-electron chi connectivity index (χ4n) is 3.01. The Labute approximate surface area is 180 Å². The van der Waals surface area contributed by atoms with Gasteiger partial charge in [-0.25, -0.2) is 18.2 Å². The van der Waals surface area contributed by atoms with Crippen molar-refractivity contribution in [2.75, 3.05) is 6.54 Å². The highest BCUT2D eigenvalue weighted by atomic mass is 32.2. The largest absolute Gasteiger partial charge is 0.351 e. The molecule has 2 amide bonds. The van der Waals surface area contributed by atoms with Gasteiger partial charge in [-0.2, -0.15) is 5.10 Å². The summed E-state index contributed by atoms with van der Waals surface area (Å²) in [6, 6.07) is 14.8. The van der Waals surface area contributed by atoms with E-state index < -0.39 is 15.9 Å². The lowest BCUT2D eigenvalue weighted by atomic mass is 10.1. The third-order valence-electron chi connectivity index (χ3n) is 4.52. The molecule has 3 rings (SSSR count). The number of amides is 2. The van der Waals surface area contributed by atoms with Crippen LogP contribution in [0.2, 0.25) is 0 Å². The number of carbonyl (C=O) groups is 2. The Hall–Kier alpha value is -3.50. The summed E-state index contributed by atoms with van der Waals surface area (Å²) >= 11 is 0. The quantitative estimate of drug-likeness (QED) is 0.510.